The first-order valence-corrected chi connectivity index (χ1v) is 5.60. The maximum Gasteiger partial charge on any atom is 0.137 e. The second kappa shape index (κ2) is 4.03. The van der Waals surface area contributed by atoms with Gasteiger partial charge in [0.1, 0.15) is 5.65 Å². The number of hydrogen-bond donors (Lipinski definition) is 1. The quantitative estimate of drug-likeness (QED) is 0.725. The Morgan fingerprint density at radius 3 is 2.65 bits per heavy atom. The van der Waals surface area contributed by atoms with E-state index in [0.717, 1.165) is 11.3 Å². The fourth-order valence-corrected chi connectivity index (χ4v) is 1.94. The molecule has 17 heavy (non-hydrogen) atoms. The number of fused-ring (bicyclic) bond motifs is 1. The first-order valence-electron chi connectivity index (χ1n) is 5.60. The number of rotatable bonds is 2. The summed E-state index contributed by atoms with van der Waals surface area (Å²) in [6, 6.07) is 14.5. The molecule has 3 heteroatoms. The van der Waals surface area contributed by atoms with Crippen molar-refractivity contribution in [3.63, 3.8) is 0 Å². The Balaban J connectivity index is 2.13. The molecule has 0 atom stereocenters. The number of benzene rings is 1. The average molecular weight is 223 g/mol. The van der Waals surface area contributed by atoms with Crippen molar-refractivity contribution in [3.8, 4) is 11.1 Å². The highest BCUT2D eigenvalue weighted by molar-refractivity contribution is 5.67. The molecule has 84 valence electrons. The average Bonchev–Trinajstić information content (AvgIpc) is 2.81. The van der Waals surface area contributed by atoms with Gasteiger partial charge in [-0.05, 0) is 23.3 Å². The molecular formula is C14H13N3. The van der Waals surface area contributed by atoms with E-state index < -0.39 is 0 Å². The van der Waals surface area contributed by atoms with Gasteiger partial charge in [-0.15, -0.1) is 0 Å². The molecule has 0 fully saturated rings. The molecule has 3 rings (SSSR count). The monoisotopic (exact) mass is 223 g/mol. The van der Waals surface area contributed by atoms with Crippen molar-refractivity contribution in [1.82, 2.24) is 9.38 Å². The summed E-state index contributed by atoms with van der Waals surface area (Å²) in [7, 11) is 0. The molecule has 0 aliphatic rings. The summed E-state index contributed by atoms with van der Waals surface area (Å²) >= 11 is 0. The van der Waals surface area contributed by atoms with E-state index in [2.05, 4.69) is 29.2 Å². The van der Waals surface area contributed by atoms with Crippen molar-refractivity contribution in [2.45, 2.75) is 6.54 Å². The Morgan fingerprint density at radius 2 is 1.88 bits per heavy atom. The van der Waals surface area contributed by atoms with E-state index >= 15 is 0 Å². The molecular weight excluding hydrogens is 210 g/mol. The lowest BCUT2D eigenvalue weighted by molar-refractivity contribution is 1.02. The van der Waals surface area contributed by atoms with Gasteiger partial charge in [0.15, 0.2) is 0 Å². The van der Waals surface area contributed by atoms with E-state index in [1.54, 1.807) is 0 Å². The molecule has 0 aliphatic carbocycles. The van der Waals surface area contributed by atoms with Gasteiger partial charge in [0, 0.05) is 18.9 Å². The standard InChI is InChI=1S/C14H13N3/c15-9-13-10-17-7-6-12(8-14(17)16-13)11-4-2-1-3-5-11/h1-8,10H,9,15H2. The topological polar surface area (TPSA) is 43.3 Å². The number of pyridine rings is 1. The van der Waals surface area contributed by atoms with Gasteiger partial charge in [-0.25, -0.2) is 4.98 Å². The molecule has 2 heterocycles. The van der Waals surface area contributed by atoms with Crippen LogP contribution in [0.1, 0.15) is 5.69 Å². The molecule has 0 bridgehead atoms. The van der Waals surface area contributed by atoms with Gasteiger partial charge >= 0.3 is 0 Å². The van der Waals surface area contributed by atoms with E-state index in [1.165, 1.54) is 11.1 Å². The molecule has 0 saturated carbocycles. The first kappa shape index (κ1) is 10.1. The number of nitrogens with two attached hydrogens (primary N) is 1. The highest BCUT2D eigenvalue weighted by atomic mass is 15.0. The van der Waals surface area contributed by atoms with Gasteiger partial charge < -0.3 is 10.1 Å². The van der Waals surface area contributed by atoms with Crippen molar-refractivity contribution in [2.75, 3.05) is 0 Å². The van der Waals surface area contributed by atoms with E-state index in [9.17, 15) is 0 Å². The van der Waals surface area contributed by atoms with Crippen molar-refractivity contribution < 1.29 is 0 Å². The third-order valence-corrected chi connectivity index (χ3v) is 2.83. The second-order valence-electron chi connectivity index (χ2n) is 3.98. The SMILES string of the molecule is NCc1cn2ccc(-c3ccccc3)cc2n1. The van der Waals surface area contributed by atoms with E-state index in [1.807, 2.05) is 35.0 Å². The largest absolute Gasteiger partial charge is 0.325 e. The summed E-state index contributed by atoms with van der Waals surface area (Å²) in [5, 5.41) is 0. The number of imidazole rings is 1. The summed E-state index contributed by atoms with van der Waals surface area (Å²) in [5.41, 5.74) is 9.81. The van der Waals surface area contributed by atoms with Crippen LogP contribution in [0.4, 0.5) is 0 Å². The van der Waals surface area contributed by atoms with Gasteiger partial charge in [-0.1, -0.05) is 30.3 Å². The predicted octanol–water partition coefficient (Wildman–Crippen LogP) is 2.46. The molecule has 2 aromatic heterocycles. The zero-order valence-corrected chi connectivity index (χ0v) is 9.38. The highest BCUT2D eigenvalue weighted by Crippen LogP contribution is 2.20. The Labute approximate surface area is 99.5 Å². The molecule has 0 unspecified atom stereocenters. The Hall–Kier alpha value is -2.13. The molecule has 0 radical (unpaired) electrons. The van der Waals surface area contributed by atoms with Gasteiger partial charge in [-0.2, -0.15) is 0 Å². The minimum atomic E-state index is 0.475. The summed E-state index contributed by atoms with van der Waals surface area (Å²) in [6.07, 6.45) is 3.98. The van der Waals surface area contributed by atoms with Crippen molar-refractivity contribution in [2.24, 2.45) is 5.73 Å². The maximum atomic E-state index is 5.59. The van der Waals surface area contributed by atoms with Crippen LogP contribution < -0.4 is 5.73 Å². The molecule has 3 nitrogen and oxygen atoms in total. The van der Waals surface area contributed by atoms with E-state index in [4.69, 9.17) is 5.73 Å². The van der Waals surface area contributed by atoms with Crippen LogP contribution in [0.2, 0.25) is 0 Å². The minimum absolute atomic E-state index is 0.475. The lowest BCUT2D eigenvalue weighted by atomic mass is 10.1. The molecule has 0 aliphatic heterocycles. The predicted molar refractivity (Wildman–Crippen MR) is 68.5 cm³/mol. The third kappa shape index (κ3) is 1.81. The van der Waals surface area contributed by atoms with Crippen LogP contribution >= 0.6 is 0 Å². The van der Waals surface area contributed by atoms with E-state index in [0.29, 0.717) is 6.54 Å². The molecule has 0 saturated heterocycles. The van der Waals surface area contributed by atoms with Crippen molar-refractivity contribution in [1.29, 1.82) is 0 Å². The third-order valence-electron chi connectivity index (χ3n) is 2.83. The van der Waals surface area contributed by atoms with Crippen LogP contribution in [0.3, 0.4) is 0 Å². The number of nitrogens with zero attached hydrogens (tertiary/aromatic N) is 2. The zero-order chi connectivity index (χ0) is 11.7. The van der Waals surface area contributed by atoms with Gasteiger partial charge in [0.2, 0.25) is 0 Å². The Morgan fingerprint density at radius 1 is 1.06 bits per heavy atom. The molecule has 2 N–H and O–H groups in total. The lowest BCUT2D eigenvalue weighted by Crippen LogP contribution is -1.95. The second-order valence-corrected chi connectivity index (χ2v) is 3.98. The zero-order valence-electron chi connectivity index (χ0n) is 9.38. The van der Waals surface area contributed by atoms with Gasteiger partial charge in [-0.3, -0.25) is 0 Å². The van der Waals surface area contributed by atoms with Crippen LogP contribution in [0.15, 0.2) is 54.9 Å². The summed E-state index contributed by atoms with van der Waals surface area (Å²) in [5.74, 6) is 0. The summed E-state index contributed by atoms with van der Waals surface area (Å²) in [4.78, 5) is 4.46. The van der Waals surface area contributed by atoms with Gasteiger partial charge in [0.25, 0.3) is 0 Å². The normalized spacial score (nSPS) is 10.9. The van der Waals surface area contributed by atoms with Gasteiger partial charge in [0.05, 0.1) is 5.69 Å². The molecule has 0 spiro atoms. The van der Waals surface area contributed by atoms with Crippen LogP contribution in [-0.4, -0.2) is 9.38 Å². The first-order chi connectivity index (χ1) is 8.36. The van der Waals surface area contributed by atoms with Crippen LogP contribution in [0.25, 0.3) is 16.8 Å². The number of aromatic nitrogens is 2. The van der Waals surface area contributed by atoms with Crippen LogP contribution in [-0.2, 0) is 6.54 Å². The lowest BCUT2D eigenvalue weighted by Gasteiger charge is -2.01. The van der Waals surface area contributed by atoms with Crippen molar-refractivity contribution in [3.05, 3.63) is 60.6 Å². The summed E-state index contributed by atoms with van der Waals surface area (Å²) in [6.45, 7) is 0.475. The van der Waals surface area contributed by atoms with Crippen molar-refractivity contribution >= 4 is 5.65 Å². The molecule has 3 aromatic rings. The minimum Gasteiger partial charge on any atom is -0.325 e. The van der Waals surface area contributed by atoms with Crippen LogP contribution in [0, 0.1) is 0 Å². The smallest absolute Gasteiger partial charge is 0.137 e. The Bertz CT molecular complexity index is 641. The maximum absolute atomic E-state index is 5.59. The molecule has 1 aromatic carbocycles. The number of hydrogen-bond acceptors (Lipinski definition) is 2. The summed E-state index contributed by atoms with van der Waals surface area (Å²) < 4.78 is 1.99. The highest BCUT2D eigenvalue weighted by Gasteiger charge is 2.02. The fraction of sp³-hybridized carbons (Fsp3) is 0.0714. The van der Waals surface area contributed by atoms with E-state index in [-0.39, 0.29) is 0 Å². The fourth-order valence-electron chi connectivity index (χ4n) is 1.94. The Kier molecular flexibility index (Phi) is 2.38. The molecule has 0 amide bonds. The van der Waals surface area contributed by atoms with Crippen LogP contribution in [0.5, 0.6) is 0 Å².